The van der Waals surface area contributed by atoms with Crippen LogP contribution >= 0.6 is 0 Å². The molecule has 1 aliphatic rings. The Bertz CT molecular complexity index is 170. The highest BCUT2D eigenvalue weighted by atomic mass is 14.2. The molecule has 10 heavy (non-hydrogen) atoms. The van der Waals surface area contributed by atoms with Crippen LogP contribution in [-0.2, 0) is 0 Å². The Balaban J connectivity index is 2.75. The third-order valence-corrected chi connectivity index (χ3v) is 2.12. The fourth-order valence-corrected chi connectivity index (χ4v) is 1.58. The van der Waals surface area contributed by atoms with Crippen LogP contribution in [0.1, 0.15) is 33.6 Å². The summed E-state index contributed by atoms with van der Waals surface area (Å²) >= 11 is 0. The first kappa shape index (κ1) is 7.59. The lowest BCUT2D eigenvalue weighted by Crippen LogP contribution is -1.92. The number of allylic oxidation sites excluding steroid dienone is 4. The summed E-state index contributed by atoms with van der Waals surface area (Å²) in [4.78, 5) is 0. The van der Waals surface area contributed by atoms with Crippen molar-refractivity contribution < 1.29 is 0 Å². The SMILES string of the molecule is CC=C1CCC=C1C(C)C. The molecule has 0 aromatic rings. The molecule has 0 saturated heterocycles. The predicted octanol–water partition coefficient (Wildman–Crippen LogP) is 3.31. The van der Waals surface area contributed by atoms with Gasteiger partial charge in [-0.2, -0.15) is 0 Å². The van der Waals surface area contributed by atoms with E-state index in [0.29, 0.717) is 5.92 Å². The molecule has 0 N–H and O–H groups in total. The lowest BCUT2D eigenvalue weighted by atomic mass is 9.98. The monoisotopic (exact) mass is 136 g/mol. The van der Waals surface area contributed by atoms with Gasteiger partial charge in [0.05, 0.1) is 0 Å². The Hall–Kier alpha value is -0.520. The maximum atomic E-state index is 2.38. The zero-order valence-electron chi connectivity index (χ0n) is 7.15. The van der Waals surface area contributed by atoms with E-state index in [-0.39, 0.29) is 0 Å². The van der Waals surface area contributed by atoms with Crippen LogP contribution in [0.2, 0.25) is 0 Å². The van der Waals surface area contributed by atoms with Gasteiger partial charge in [-0.05, 0) is 36.8 Å². The van der Waals surface area contributed by atoms with Crippen molar-refractivity contribution in [2.24, 2.45) is 5.92 Å². The van der Waals surface area contributed by atoms with Crippen molar-refractivity contribution in [3.05, 3.63) is 23.3 Å². The van der Waals surface area contributed by atoms with E-state index in [9.17, 15) is 0 Å². The Morgan fingerprint density at radius 1 is 1.50 bits per heavy atom. The van der Waals surface area contributed by atoms with Crippen molar-refractivity contribution in [3.8, 4) is 0 Å². The molecule has 0 fully saturated rings. The second-order valence-corrected chi connectivity index (χ2v) is 3.17. The fourth-order valence-electron chi connectivity index (χ4n) is 1.58. The van der Waals surface area contributed by atoms with E-state index >= 15 is 0 Å². The van der Waals surface area contributed by atoms with Gasteiger partial charge in [0.1, 0.15) is 0 Å². The van der Waals surface area contributed by atoms with Gasteiger partial charge < -0.3 is 0 Å². The molecule has 0 amide bonds. The van der Waals surface area contributed by atoms with Crippen molar-refractivity contribution in [3.63, 3.8) is 0 Å². The largest absolute Gasteiger partial charge is 0.0842 e. The standard InChI is InChI=1S/C10H16/c1-4-9-6-5-7-10(9)8(2)3/h4,7-8H,5-6H2,1-3H3. The second-order valence-electron chi connectivity index (χ2n) is 3.17. The van der Waals surface area contributed by atoms with E-state index in [1.165, 1.54) is 12.8 Å². The molecule has 0 radical (unpaired) electrons. The molecule has 0 heterocycles. The van der Waals surface area contributed by atoms with Crippen LogP contribution in [0, 0.1) is 5.92 Å². The number of rotatable bonds is 1. The maximum Gasteiger partial charge on any atom is -0.0219 e. The minimum atomic E-state index is 0.716. The molecular weight excluding hydrogens is 120 g/mol. The second kappa shape index (κ2) is 3.05. The summed E-state index contributed by atoms with van der Waals surface area (Å²) in [6, 6.07) is 0. The summed E-state index contributed by atoms with van der Waals surface area (Å²) in [6.45, 7) is 6.66. The fraction of sp³-hybridized carbons (Fsp3) is 0.600. The molecular formula is C10H16. The summed E-state index contributed by atoms with van der Waals surface area (Å²) in [5.41, 5.74) is 3.14. The van der Waals surface area contributed by atoms with Gasteiger partial charge in [-0.1, -0.05) is 26.0 Å². The van der Waals surface area contributed by atoms with Crippen LogP contribution in [-0.4, -0.2) is 0 Å². The highest BCUT2D eigenvalue weighted by Crippen LogP contribution is 2.29. The summed E-state index contributed by atoms with van der Waals surface area (Å²) in [5.74, 6) is 0.716. The lowest BCUT2D eigenvalue weighted by Gasteiger charge is -2.07. The van der Waals surface area contributed by atoms with E-state index in [1.54, 1.807) is 11.1 Å². The molecule has 0 aromatic carbocycles. The molecule has 0 saturated carbocycles. The highest BCUT2D eigenvalue weighted by Gasteiger charge is 2.12. The zero-order valence-corrected chi connectivity index (χ0v) is 7.15. The normalized spacial score (nSPS) is 22.4. The lowest BCUT2D eigenvalue weighted by molar-refractivity contribution is 0.780. The number of hydrogen-bond acceptors (Lipinski definition) is 0. The van der Waals surface area contributed by atoms with E-state index < -0.39 is 0 Å². The average molecular weight is 136 g/mol. The average Bonchev–Trinajstić information content (AvgIpc) is 2.33. The van der Waals surface area contributed by atoms with Crippen LogP contribution in [0.3, 0.4) is 0 Å². The first-order valence-corrected chi connectivity index (χ1v) is 4.11. The Labute approximate surface area is 63.6 Å². The van der Waals surface area contributed by atoms with Crippen LogP contribution in [0.25, 0.3) is 0 Å². The van der Waals surface area contributed by atoms with Crippen molar-refractivity contribution in [1.29, 1.82) is 0 Å². The molecule has 0 nitrogen and oxygen atoms in total. The first-order valence-electron chi connectivity index (χ1n) is 4.11. The summed E-state index contributed by atoms with van der Waals surface area (Å²) < 4.78 is 0. The van der Waals surface area contributed by atoms with Gasteiger partial charge in [0.25, 0.3) is 0 Å². The molecule has 0 aliphatic heterocycles. The third kappa shape index (κ3) is 1.31. The Morgan fingerprint density at radius 2 is 2.20 bits per heavy atom. The van der Waals surface area contributed by atoms with E-state index in [0.717, 1.165) is 0 Å². The molecule has 1 rings (SSSR count). The van der Waals surface area contributed by atoms with Gasteiger partial charge in [0, 0.05) is 0 Å². The Kier molecular flexibility index (Phi) is 2.31. The zero-order chi connectivity index (χ0) is 7.56. The maximum absolute atomic E-state index is 2.38. The minimum Gasteiger partial charge on any atom is -0.0842 e. The van der Waals surface area contributed by atoms with Crippen LogP contribution in [0.5, 0.6) is 0 Å². The third-order valence-electron chi connectivity index (χ3n) is 2.12. The summed E-state index contributed by atoms with van der Waals surface area (Å²) in [5, 5.41) is 0. The van der Waals surface area contributed by atoms with Crippen LogP contribution in [0.4, 0.5) is 0 Å². The van der Waals surface area contributed by atoms with Crippen LogP contribution < -0.4 is 0 Å². The molecule has 1 aliphatic carbocycles. The van der Waals surface area contributed by atoms with Crippen molar-refractivity contribution in [2.45, 2.75) is 33.6 Å². The molecule has 0 atom stereocenters. The van der Waals surface area contributed by atoms with E-state index in [2.05, 4.69) is 32.9 Å². The number of hydrogen-bond donors (Lipinski definition) is 0. The molecule has 0 spiro atoms. The minimum absolute atomic E-state index is 0.716. The quantitative estimate of drug-likeness (QED) is 0.518. The van der Waals surface area contributed by atoms with Gasteiger partial charge >= 0.3 is 0 Å². The molecule has 0 unspecified atom stereocenters. The van der Waals surface area contributed by atoms with Crippen molar-refractivity contribution in [2.75, 3.05) is 0 Å². The van der Waals surface area contributed by atoms with Gasteiger partial charge in [0.2, 0.25) is 0 Å². The Morgan fingerprint density at radius 3 is 2.60 bits per heavy atom. The molecule has 0 aromatic heterocycles. The summed E-state index contributed by atoms with van der Waals surface area (Å²) in [7, 11) is 0. The predicted molar refractivity (Wildman–Crippen MR) is 45.9 cm³/mol. The summed E-state index contributed by atoms with van der Waals surface area (Å²) in [6.07, 6.45) is 7.15. The molecule has 0 bridgehead atoms. The van der Waals surface area contributed by atoms with Crippen molar-refractivity contribution in [1.82, 2.24) is 0 Å². The topological polar surface area (TPSA) is 0 Å². The highest BCUT2D eigenvalue weighted by molar-refractivity contribution is 5.36. The molecule has 0 heteroatoms. The van der Waals surface area contributed by atoms with E-state index in [1.807, 2.05) is 0 Å². The van der Waals surface area contributed by atoms with Crippen molar-refractivity contribution >= 4 is 0 Å². The van der Waals surface area contributed by atoms with Gasteiger partial charge in [-0.25, -0.2) is 0 Å². The van der Waals surface area contributed by atoms with Gasteiger partial charge in [-0.3, -0.25) is 0 Å². The van der Waals surface area contributed by atoms with Gasteiger partial charge in [0.15, 0.2) is 0 Å². The van der Waals surface area contributed by atoms with Crippen LogP contribution in [0.15, 0.2) is 23.3 Å². The van der Waals surface area contributed by atoms with E-state index in [4.69, 9.17) is 0 Å². The smallest absolute Gasteiger partial charge is 0.0219 e. The van der Waals surface area contributed by atoms with Gasteiger partial charge in [-0.15, -0.1) is 0 Å². The first-order chi connectivity index (χ1) is 4.75. The molecule has 56 valence electrons.